The van der Waals surface area contributed by atoms with Gasteiger partial charge in [0, 0.05) is 12.1 Å². The van der Waals surface area contributed by atoms with Crippen LogP contribution in [0.5, 0.6) is 0 Å². The van der Waals surface area contributed by atoms with Crippen molar-refractivity contribution in [3.05, 3.63) is 0 Å². The fourth-order valence-corrected chi connectivity index (χ4v) is 4.03. The molecule has 2 unspecified atom stereocenters. The van der Waals surface area contributed by atoms with Crippen LogP contribution in [-0.4, -0.2) is 47.7 Å². The van der Waals surface area contributed by atoms with Gasteiger partial charge in [0.05, 0.1) is 6.04 Å². The minimum atomic E-state index is -0.796. The second kappa shape index (κ2) is 16.0. The molecule has 8 nitrogen and oxygen atoms in total. The Morgan fingerprint density at radius 2 is 1.56 bits per heavy atom. The second-order valence-corrected chi connectivity index (χ2v) is 10.4. The van der Waals surface area contributed by atoms with E-state index in [0.29, 0.717) is 32.2 Å². The van der Waals surface area contributed by atoms with E-state index in [0.717, 1.165) is 32.1 Å². The third-order valence-corrected chi connectivity index (χ3v) is 6.75. The highest BCUT2D eigenvalue weighted by Gasteiger charge is 2.35. The minimum Gasteiger partial charge on any atom is -0.458 e. The lowest BCUT2D eigenvalue weighted by molar-refractivity contribution is -0.163. The summed E-state index contributed by atoms with van der Waals surface area (Å²) in [4.78, 5) is 37.5. The molecular weight excluding hydrogens is 432 g/mol. The fourth-order valence-electron chi connectivity index (χ4n) is 4.03. The van der Waals surface area contributed by atoms with Gasteiger partial charge in [0.25, 0.3) is 0 Å². The molecule has 0 aliphatic rings. The molecule has 3 atom stereocenters. The number of carbonyl (C=O) groups excluding carboxylic acids is 3. The lowest BCUT2D eigenvalue weighted by atomic mass is 9.87. The number of amides is 3. The van der Waals surface area contributed by atoms with Gasteiger partial charge < -0.3 is 26.4 Å². The molecule has 0 aliphatic carbocycles. The lowest BCUT2D eigenvalue weighted by Crippen LogP contribution is -2.58. The zero-order chi connectivity index (χ0) is 26.4. The standard InChI is InChI=1S/C26H52N4O4/c1-9-13-17-25(7,16-10-2)30-21(19(5)6)22(31)29-20(15-14-18-28-24(27)33)23(32)34-26(8,11-3)12-4/h19-21,30H,9-18H2,1-8H3,(H,29,31)(H3,27,28,33)/t20-,21?,25?/m0/s1. The lowest BCUT2D eigenvalue weighted by Gasteiger charge is -2.37. The highest BCUT2D eigenvalue weighted by molar-refractivity contribution is 5.88. The highest BCUT2D eigenvalue weighted by atomic mass is 16.6. The Bertz CT molecular complexity index is 622. The molecule has 0 aromatic carbocycles. The van der Waals surface area contributed by atoms with Crippen molar-refractivity contribution in [2.45, 2.75) is 136 Å². The van der Waals surface area contributed by atoms with Crippen LogP contribution in [0.15, 0.2) is 0 Å². The van der Waals surface area contributed by atoms with Crippen LogP contribution in [0.4, 0.5) is 4.79 Å². The Hall–Kier alpha value is -1.83. The van der Waals surface area contributed by atoms with E-state index in [9.17, 15) is 14.4 Å². The van der Waals surface area contributed by atoms with Crippen LogP contribution in [0, 0.1) is 5.92 Å². The number of nitrogens with two attached hydrogens (primary N) is 1. The van der Waals surface area contributed by atoms with Crippen molar-refractivity contribution in [3.8, 4) is 0 Å². The van der Waals surface area contributed by atoms with Crippen molar-refractivity contribution < 1.29 is 19.1 Å². The predicted molar refractivity (Wildman–Crippen MR) is 138 cm³/mol. The number of esters is 1. The number of ether oxygens (including phenoxy) is 1. The molecule has 0 saturated heterocycles. The minimum absolute atomic E-state index is 0.0440. The summed E-state index contributed by atoms with van der Waals surface area (Å²) in [7, 11) is 0. The summed E-state index contributed by atoms with van der Waals surface area (Å²) in [6.07, 6.45) is 7.37. The molecule has 0 radical (unpaired) electrons. The van der Waals surface area contributed by atoms with E-state index >= 15 is 0 Å². The van der Waals surface area contributed by atoms with Crippen LogP contribution in [0.25, 0.3) is 0 Å². The molecule has 0 aromatic rings. The fraction of sp³-hybridized carbons (Fsp3) is 0.885. The molecule has 0 rings (SSSR count). The van der Waals surface area contributed by atoms with Gasteiger partial charge in [0.2, 0.25) is 5.91 Å². The van der Waals surface area contributed by atoms with Crippen molar-refractivity contribution in [3.63, 3.8) is 0 Å². The van der Waals surface area contributed by atoms with Crippen molar-refractivity contribution in [2.75, 3.05) is 6.54 Å². The largest absolute Gasteiger partial charge is 0.458 e. The van der Waals surface area contributed by atoms with Crippen molar-refractivity contribution in [1.29, 1.82) is 0 Å². The summed E-state index contributed by atoms with van der Waals surface area (Å²) >= 11 is 0. The summed E-state index contributed by atoms with van der Waals surface area (Å²) in [5.41, 5.74) is 4.41. The van der Waals surface area contributed by atoms with Crippen LogP contribution >= 0.6 is 0 Å². The van der Waals surface area contributed by atoms with Crippen molar-refractivity contribution in [2.24, 2.45) is 11.7 Å². The average molecular weight is 485 g/mol. The number of rotatable bonds is 18. The summed E-state index contributed by atoms with van der Waals surface area (Å²) < 4.78 is 5.82. The average Bonchev–Trinajstić information content (AvgIpc) is 2.77. The normalized spacial score (nSPS) is 15.3. The Labute approximate surface area is 207 Å². The number of unbranched alkanes of at least 4 members (excludes halogenated alkanes) is 1. The molecule has 0 heterocycles. The molecular formula is C26H52N4O4. The first-order valence-electron chi connectivity index (χ1n) is 13.2. The van der Waals surface area contributed by atoms with Gasteiger partial charge >= 0.3 is 12.0 Å². The molecule has 8 heteroatoms. The van der Waals surface area contributed by atoms with E-state index in [-0.39, 0.29) is 17.4 Å². The molecule has 3 amide bonds. The van der Waals surface area contributed by atoms with Gasteiger partial charge in [-0.15, -0.1) is 0 Å². The molecule has 34 heavy (non-hydrogen) atoms. The summed E-state index contributed by atoms with van der Waals surface area (Å²) in [5.74, 6) is -0.598. The van der Waals surface area contributed by atoms with Crippen LogP contribution < -0.4 is 21.7 Å². The molecule has 0 bridgehead atoms. The van der Waals surface area contributed by atoms with E-state index < -0.39 is 29.7 Å². The zero-order valence-corrected chi connectivity index (χ0v) is 23.0. The number of hydrogen-bond donors (Lipinski definition) is 4. The Kier molecular flexibility index (Phi) is 15.1. The zero-order valence-electron chi connectivity index (χ0n) is 23.0. The molecule has 0 aromatic heterocycles. The smallest absolute Gasteiger partial charge is 0.329 e. The van der Waals surface area contributed by atoms with Gasteiger partial charge in [-0.2, -0.15) is 0 Å². The van der Waals surface area contributed by atoms with E-state index in [1.165, 1.54) is 0 Å². The maximum atomic E-state index is 13.4. The molecule has 200 valence electrons. The van der Waals surface area contributed by atoms with Crippen LogP contribution in [0.3, 0.4) is 0 Å². The van der Waals surface area contributed by atoms with E-state index in [4.69, 9.17) is 10.5 Å². The van der Waals surface area contributed by atoms with Crippen molar-refractivity contribution >= 4 is 17.9 Å². The molecule has 5 N–H and O–H groups in total. The number of primary amides is 1. The van der Waals surface area contributed by atoms with E-state index in [1.807, 2.05) is 34.6 Å². The first kappa shape index (κ1) is 32.2. The SMILES string of the molecule is CCCCC(C)(CCC)NC(C(=O)N[C@@H](CCCNC(N)=O)C(=O)OC(C)(CC)CC)C(C)C. The second-order valence-electron chi connectivity index (χ2n) is 10.4. The molecule has 0 fully saturated rings. The van der Waals surface area contributed by atoms with E-state index in [2.05, 4.69) is 36.7 Å². The van der Waals surface area contributed by atoms with Gasteiger partial charge in [0.15, 0.2) is 0 Å². The Morgan fingerprint density at radius 1 is 0.941 bits per heavy atom. The summed E-state index contributed by atoms with van der Waals surface area (Å²) in [6, 6.07) is -1.84. The first-order chi connectivity index (χ1) is 15.9. The van der Waals surface area contributed by atoms with Gasteiger partial charge in [-0.05, 0) is 58.3 Å². The summed E-state index contributed by atoms with van der Waals surface area (Å²) in [5, 5.41) is 9.11. The van der Waals surface area contributed by atoms with Gasteiger partial charge in [-0.3, -0.25) is 4.79 Å². The Balaban J connectivity index is 5.59. The third kappa shape index (κ3) is 12.0. The van der Waals surface area contributed by atoms with Crippen molar-refractivity contribution in [1.82, 2.24) is 16.0 Å². The van der Waals surface area contributed by atoms with Gasteiger partial charge in [0.1, 0.15) is 11.6 Å². The number of hydrogen-bond acceptors (Lipinski definition) is 5. The maximum Gasteiger partial charge on any atom is 0.329 e. The van der Waals surface area contributed by atoms with Crippen LogP contribution in [-0.2, 0) is 14.3 Å². The first-order valence-corrected chi connectivity index (χ1v) is 13.2. The molecule has 0 saturated carbocycles. The third-order valence-electron chi connectivity index (χ3n) is 6.75. The number of nitrogens with one attached hydrogen (secondary N) is 3. The maximum absolute atomic E-state index is 13.4. The predicted octanol–water partition coefficient (Wildman–Crippen LogP) is 4.40. The quantitative estimate of drug-likeness (QED) is 0.170. The Morgan fingerprint density at radius 3 is 2.03 bits per heavy atom. The molecule has 0 aliphatic heterocycles. The molecule has 0 spiro atoms. The van der Waals surface area contributed by atoms with E-state index in [1.54, 1.807) is 0 Å². The highest BCUT2D eigenvalue weighted by Crippen LogP contribution is 2.23. The number of urea groups is 1. The number of carbonyl (C=O) groups is 3. The monoisotopic (exact) mass is 484 g/mol. The van der Waals surface area contributed by atoms with Gasteiger partial charge in [-0.1, -0.05) is 60.8 Å². The van der Waals surface area contributed by atoms with Gasteiger partial charge in [-0.25, -0.2) is 9.59 Å². The van der Waals surface area contributed by atoms with Crippen LogP contribution in [0.1, 0.15) is 113 Å². The summed E-state index contributed by atoms with van der Waals surface area (Å²) in [6.45, 7) is 16.7. The van der Waals surface area contributed by atoms with Crippen LogP contribution in [0.2, 0.25) is 0 Å². The topological polar surface area (TPSA) is 123 Å².